The van der Waals surface area contributed by atoms with Gasteiger partial charge in [-0.15, -0.1) is 0 Å². The third-order valence-corrected chi connectivity index (χ3v) is 2.55. The predicted molar refractivity (Wildman–Crippen MR) is 48.0 cm³/mol. The lowest BCUT2D eigenvalue weighted by Crippen LogP contribution is -2.16. The summed E-state index contributed by atoms with van der Waals surface area (Å²) in [6, 6.07) is 0. The van der Waals surface area contributed by atoms with Gasteiger partial charge in [-0.1, -0.05) is 20.3 Å². The molecule has 2 unspecified atom stereocenters. The Morgan fingerprint density at radius 3 is 2.62 bits per heavy atom. The summed E-state index contributed by atoms with van der Waals surface area (Å²) in [5.74, 6) is 0.212. The fraction of sp³-hybridized carbons (Fsp3) is 1.00. The Balaban J connectivity index is 3.68. The molecule has 0 aromatic rings. The lowest BCUT2D eigenvalue weighted by molar-refractivity contribution is -0.226. The van der Waals surface area contributed by atoms with E-state index >= 15 is 0 Å². The van der Waals surface area contributed by atoms with Crippen molar-refractivity contribution in [3.63, 3.8) is 0 Å². The predicted octanol–water partition coefficient (Wildman–Crippen LogP) is 0.493. The SMILES string of the molecule is CCC(C)COP(=O)([O-])OCCN. The van der Waals surface area contributed by atoms with Crippen molar-refractivity contribution in [2.45, 2.75) is 20.3 Å². The molecule has 6 heteroatoms. The summed E-state index contributed by atoms with van der Waals surface area (Å²) in [6.07, 6.45) is 0.872. The highest BCUT2D eigenvalue weighted by molar-refractivity contribution is 7.45. The van der Waals surface area contributed by atoms with Crippen LogP contribution in [0, 0.1) is 5.92 Å². The number of hydrogen-bond donors (Lipinski definition) is 1. The number of hydrogen-bond acceptors (Lipinski definition) is 5. The summed E-state index contributed by atoms with van der Waals surface area (Å²) in [5.41, 5.74) is 5.08. The molecule has 0 rings (SSSR count). The molecule has 0 saturated heterocycles. The van der Waals surface area contributed by atoms with Gasteiger partial charge in [0.05, 0.1) is 13.2 Å². The van der Waals surface area contributed by atoms with Crippen LogP contribution in [-0.4, -0.2) is 19.8 Å². The number of nitrogens with two attached hydrogens (primary N) is 1. The van der Waals surface area contributed by atoms with Crippen molar-refractivity contribution < 1.29 is 18.5 Å². The van der Waals surface area contributed by atoms with Crippen LogP contribution in [0.1, 0.15) is 20.3 Å². The molecule has 0 aliphatic rings. The van der Waals surface area contributed by atoms with E-state index < -0.39 is 7.82 Å². The van der Waals surface area contributed by atoms with Crippen LogP contribution in [-0.2, 0) is 13.6 Å². The molecule has 2 N–H and O–H groups in total. The van der Waals surface area contributed by atoms with Crippen molar-refractivity contribution in [1.82, 2.24) is 0 Å². The summed E-state index contributed by atoms with van der Waals surface area (Å²) in [7, 11) is -4.11. The Hall–Kier alpha value is 0.0700. The molecule has 5 nitrogen and oxygen atoms in total. The molecule has 0 aromatic carbocycles. The van der Waals surface area contributed by atoms with E-state index in [0.717, 1.165) is 6.42 Å². The van der Waals surface area contributed by atoms with Gasteiger partial charge in [0.1, 0.15) is 0 Å². The minimum Gasteiger partial charge on any atom is -0.756 e. The average Bonchev–Trinajstić information content (AvgIpc) is 2.11. The van der Waals surface area contributed by atoms with Crippen LogP contribution < -0.4 is 10.6 Å². The summed E-state index contributed by atoms with van der Waals surface area (Å²) in [6.45, 7) is 4.18. The zero-order valence-corrected chi connectivity index (χ0v) is 8.96. The lowest BCUT2D eigenvalue weighted by atomic mass is 10.1. The van der Waals surface area contributed by atoms with Crippen LogP contribution in [0.5, 0.6) is 0 Å². The Labute approximate surface area is 78.8 Å². The minimum atomic E-state index is -4.11. The van der Waals surface area contributed by atoms with Gasteiger partial charge < -0.3 is 19.7 Å². The Kier molecular flexibility index (Phi) is 6.55. The van der Waals surface area contributed by atoms with Crippen LogP contribution in [0.2, 0.25) is 0 Å². The number of rotatable bonds is 7. The highest BCUT2D eigenvalue weighted by Gasteiger charge is 2.10. The largest absolute Gasteiger partial charge is 0.756 e. The summed E-state index contributed by atoms with van der Waals surface area (Å²) in [4.78, 5) is 10.9. The molecule has 0 radical (unpaired) electrons. The van der Waals surface area contributed by atoms with Gasteiger partial charge >= 0.3 is 0 Å². The molecule has 80 valence electrons. The van der Waals surface area contributed by atoms with Crippen molar-refractivity contribution in [3.05, 3.63) is 0 Å². The second-order valence-electron chi connectivity index (χ2n) is 2.88. The van der Waals surface area contributed by atoms with E-state index in [2.05, 4.69) is 9.05 Å². The smallest absolute Gasteiger partial charge is 0.267 e. The third-order valence-electron chi connectivity index (χ3n) is 1.58. The van der Waals surface area contributed by atoms with E-state index in [9.17, 15) is 9.46 Å². The summed E-state index contributed by atoms with van der Waals surface area (Å²) < 4.78 is 20.0. The Morgan fingerprint density at radius 2 is 2.15 bits per heavy atom. The van der Waals surface area contributed by atoms with E-state index in [-0.39, 0.29) is 25.7 Å². The summed E-state index contributed by atoms with van der Waals surface area (Å²) in [5, 5.41) is 0. The van der Waals surface area contributed by atoms with Crippen molar-refractivity contribution in [2.75, 3.05) is 19.8 Å². The van der Waals surface area contributed by atoms with Gasteiger partial charge in [-0.05, 0) is 5.92 Å². The van der Waals surface area contributed by atoms with E-state index in [0.29, 0.717) is 0 Å². The molecule has 13 heavy (non-hydrogen) atoms. The number of phosphoric ester groups is 1. The molecule has 0 amide bonds. The average molecular weight is 210 g/mol. The monoisotopic (exact) mass is 210 g/mol. The van der Waals surface area contributed by atoms with Gasteiger partial charge in [0.2, 0.25) is 0 Å². The fourth-order valence-corrected chi connectivity index (χ4v) is 1.38. The van der Waals surface area contributed by atoms with Gasteiger partial charge in [0, 0.05) is 6.54 Å². The van der Waals surface area contributed by atoms with E-state index in [4.69, 9.17) is 5.73 Å². The molecular weight excluding hydrogens is 193 g/mol. The normalized spacial score (nSPS) is 18.2. The van der Waals surface area contributed by atoms with E-state index in [1.807, 2.05) is 13.8 Å². The quantitative estimate of drug-likeness (QED) is 0.618. The first-order valence-electron chi connectivity index (χ1n) is 4.32. The highest BCUT2D eigenvalue weighted by atomic mass is 31.2. The van der Waals surface area contributed by atoms with E-state index in [1.165, 1.54) is 0 Å². The van der Waals surface area contributed by atoms with Crippen LogP contribution in [0.25, 0.3) is 0 Å². The van der Waals surface area contributed by atoms with Gasteiger partial charge in [0.15, 0.2) is 0 Å². The van der Waals surface area contributed by atoms with Gasteiger partial charge in [-0.25, -0.2) is 0 Å². The van der Waals surface area contributed by atoms with Crippen LogP contribution in [0.4, 0.5) is 0 Å². The third kappa shape index (κ3) is 7.16. The van der Waals surface area contributed by atoms with Crippen molar-refractivity contribution in [2.24, 2.45) is 11.7 Å². The molecule has 0 aromatic heterocycles. The maximum atomic E-state index is 10.9. The number of phosphoric acid groups is 1. The Morgan fingerprint density at radius 1 is 1.54 bits per heavy atom. The topological polar surface area (TPSA) is 84.6 Å². The molecule has 0 spiro atoms. The maximum Gasteiger partial charge on any atom is 0.267 e. The van der Waals surface area contributed by atoms with Crippen molar-refractivity contribution in [3.8, 4) is 0 Å². The first-order valence-corrected chi connectivity index (χ1v) is 5.78. The van der Waals surface area contributed by atoms with Crippen LogP contribution in [0.3, 0.4) is 0 Å². The van der Waals surface area contributed by atoms with Gasteiger partial charge in [0.25, 0.3) is 7.82 Å². The second-order valence-corrected chi connectivity index (χ2v) is 4.29. The zero-order valence-electron chi connectivity index (χ0n) is 8.06. The molecule has 0 heterocycles. The van der Waals surface area contributed by atoms with E-state index in [1.54, 1.807) is 0 Å². The molecular formula is C7H17NO4P-. The molecule has 2 atom stereocenters. The van der Waals surface area contributed by atoms with Crippen LogP contribution >= 0.6 is 7.82 Å². The molecule has 0 fully saturated rings. The van der Waals surface area contributed by atoms with Crippen LogP contribution in [0.15, 0.2) is 0 Å². The summed E-state index contributed by atoms with van der Waals surface area (Å²) >= 11 is 0. The molecule has 0 aliphatic heterocycles. The van der Waals surface area contributed by atoms with Gasteiger partial charge in [-0.3, -0.25) is 4.57 Å². The maximum absolute atomic E-state index is 10.9. The van der Waals surface area contributed by atoms with Crippen molar-refractivity contribution >= 4 is 7.82 Å². The first kappa shape index (κ1) is 13.1. The second kappa shape index (κ2) is 6.51. The van der Waals surface area contributed by atoms with Crippen molar-refractivity contribution in [1.29, 1.82) is 0 Å². The first-order chi connectivity index (χ1) is 6.02. The minimum absolute atomic E-state index is 0.0265. The standard InChI is InChI=1S/C7H18NO4P/c1-3-7(2)6-12-13(9,10)11-5-4-8/h7H,3-6,8H2,1-2H3,(H,9,10)/p-1. The molecule has 0 aliphatic carbocycles. The molecule has 0 saturated carbocycles. The highest BCUT2D eigenvalue weighted by Crippen LogP contribution is 2.38. The molecule has 0 bridgehead atoms. The van der Waals surface area contributed by atoms with Gasteiger partial charge in [-0.2, -0.15) is 0 Å². The zero-order chi connectivity index (χ0) is 10.3. The fourth-order valence-electron chi connectivity index (χ4n) is 0.538. The Bertz CT molecular complexity index is 176. The lowest BCUT2D eigenvalue weighted by Gasteiger charge is -2.23.